The molecule has 0 saturated heterocycles. The minimum atomic E-state index is 0.283. The lowest BCUT2D eigenvalue weighted by Gasteiger charge is -1.94. The molecule has 0 aliphatic heterocycles. The lowest BCUT2D eigenvalue weighted by molar-refractivity contribution is -0.116. The van der Waals surface area contributed by atoms with Crippen LogP contribution in [0.25, 0.3) is 0 Å². The second-order valence-corrected chi connectivity index (χ2v) is 3.18. The van der Waals surface area contributed by atoms with Gasteiger partial charge >= 0.3 is 0 Å². The van der Waals surface area contributed by atoms with Gasteiger partial charge in [-0.1, -0.05) is 34.5 Å². The third kappa shape index (κ3) is 6.29. The van der Waals surface area contributed by atoms with Crippen LogP contribution in [0.4, 0.5) is 0 Å². The van der Waals surface area contributed by atoms with Crippen molar-refractivity contribution in [2.75, 3.05) is 5.33 Å². The van der Waals surface area contributed by atoms with Crippen LogP contribution in [-0.4, -0.2) is 11.1 Å². The molecule has 0 aliphatic carbocycles. The summed E-state index contributed by atoms with van der Waals surface area (Å²) in [5.74, 6) is 0.283. The van der Waals surface area contributed by atoms with E-state index in [0.29, 0.717) is 11.8 Å². The van der Waals surface area contributed by atoms with Gasteiger partial charge in [0.25, 0.3) is 0 Å². The fourth-order valence-electron chi connectivity index (χ4n) is 0.691. The maximum atomic E-state index is 10.8. The molecule has 0 aromatic carbocycles. The number of allylic oxidation sites excluding steroid dienone is 2. The molecule has 0 bridgehead atoms. The Bertz CT molecular complexity index is 150. The zero-order valence-corrected chi connectivity index (χ0v) is 8.78. The molecule has 0 aliphatic rings. The molecule has 64 valence electrons. The maximum Gasteiger partial charge on any atom is 0.143 e. The highest BCUT2D eigenvalue weighted by Gasteiger charge is 1.95. The largest absolute Gasteiger partial charge is 0.299 e. The SMILES string of the molecule is CC/C(C)=C/CCC(=O)CBr. The highest BCUT2D eigenvalue weighted by Crippen LogP contribution is 2.03. The first-order chi connectivity index (χ1) is 5.20. The molecule has 0 aromatic heterocycles. The fraction of sp³-hybridized carbons (Fsp3) is 0.667. The van der Waals surface area contributed by atoms with Crippen LogP contribution in [0.1, 0.15) is 33.1 Å². The third-order valence-electron chi connectivity index (χ3n) is 1.62. The number of Topliss-reactive ketones (excluding diaryl/α,β-unsaturated/α-hetero) is 1. The molecule has 0 atom stereocenters. The lowest BCUT2D eigenvalue weighted by Crippen LogP contribution is -1.96. The Morgan fingerprint density at radius 3 is 2.64 bits per heavy atom. The molecule has 0 spiro atoms. The zero-order valence-electron chi connectivity index (χ0n) is 7.19. The van der Waals surface area contributed by atoms with Crippen molar-refractivity contribution in [1.82, 2.24) is 0 Å². The number of alkyl halides is 1. The Balaban J connectivity index is 3.48. The van der Waals surface area contributed by atoms with Crippen LogP contribution in [0.5, 0.6) is 0 Å². The molecule has 1 nitrogen and oxygen atoms in total. The summed E-state index contributed by atoms with van der Waals surface area (Å²) in [6.45, 7) is 4.22. The maximum absolute atomic E-state index is 10.8. The van der Waals surface area contributed by atoms with E-state index in [1.165, 1.54) is 5.57 Å². The first-order valence-corrected chi connectivity index (χ1v) is 5.06. The van der Waals surface area contributed by atoms with Gasteiger partial charge in [-0.05, 0) is 19.8 Å². The summed E-state index contributed by atoms with van der Waals surface area (Å²) in [7, 11) is 0. The Labute approximate surface area is 77.0 Å². The molecule has 0 N–H and O–H groups in total. The van der Waals surface area contributed by atoms with Crippen molar-refractivity contribution >= 4 is 21.7 Å². The van der Waals surface area contributed by atoms with E-state index in [-0.39, 0.29) is 5.78 Å². The van der Waals surface area contributed by atoms with Gasteiger partial charge in [-0.15, -0.1) is 0 Å². The monoisotopic (exact) mass is 218 g/mol. The Morgan fingerprint density at radius 2 is 2.18 bits per heavy atom. The van der Waals surface area contributed by atoms with Crippen molar-refractivity contribution in [3.63, 3.8) is 0 Å². The molecule has 2 heteroatoms. The van der Waals surface area contributed by atoms with Gasteiger partial charge in [-0.25, -0.2) is 0 Å². The second kappa shape index (κ2) is 6.59. The van der Waals surface area contributed by atoms with Gasteiger partial charge in [0.2, 0.25) is 0 Å². The molecule has 0 unspecified atom stereocenters. The number of carbonyl (C=O) groups excluding carboxylic acids is 1. The molecule has 0 rings (SSSR count). The highest BCUT2D eigenvalue weighted by atomic mass is 79.9. The summed E-state index contributed by atoms with van der Waals surface area (Å²) < 4.78 is 0. The quantitative estimate of drug-likeness (QED) is 0.513. The molecular weight excluding hydrogens is 204 g/mol. The average Bonchev–Trinajstić information content (AvgIpc) is 2.04. The first-order valence-electron chi connectivity index (χ1n) is 3.94. The van der Waals surface area contributed by atoms with Gasteiger partial charge in [0.15, 0.2) is 0 Å². The lowest BCUT2D eigenvalue weighted by atomic mass is 10.1. The molecule has 0 radical (unpaired) electrons. The number of rotatable bonds is 5. The number of ketones is 1. The fourth-order valence-corrected chi connectivity index (χ4v) is 0.971. The Morgan fingerprint density at radius 1 is 1.55 bits per heavy atom. The Hall–Kier alpha value is -0.110. The van der Waals surface area contributed by atoms with Crippen LogP contribution in [-0.2, 0) is 4.79 Å². The number of carbonyl (C=O) groups is 1. The predicted molar refractivity (Wildman–Crippen MR) is 52.1 cm³/mol. The summed E-state index contributed by atoms with van der Waals surface area (Å²) in [6, 6.07) is 0. The van der Waals surface area contributed by atoms with Gasteiger partial charge in [-0.2, -0.15) is 0 Å². The second-order valence-electron chi connectivity index (χ2n) is 2.62. The molecule has 0 aromatic rings. The highest BCUT2D eigenvalue weighted by molar-refractivity contribution is 9.09. The van der Waals surface area contributed by atoms with Crippen LogP contribution in [0.15, 0.2) is 11.6 Å². The van der Waals surface area contributed by atoms with Gasteiger partial charge in [0.1, 0.15) is 5.78 Å². The minimum Gasteiger partial charge on any atom is -0.299 e. The predicted octanol–water partition coefficient (Wildman–Crippen LogP) is 3.09. The van der Waals surface area contributed by atoms with E-state index in [1.54, 1.807) is 0 Å². The number of halogens is 1. The first kappa shape index (κ1) is 10.9. The van der Waals surface area contributed by atoms with Crippen LogP contribution in [0.3, 0.4) is 0 Å². The van der Waals surface area contributed by atoms with Crippen molar-refractivity contribution in [1.29, 1.82) is 0 Å². The third-order valence-corrected chi connectivity index (χ3v) is 2.25. The smallest absolute Gasteiger partial charge is 0.143 e. The summed E-state index contributed by atoms with van der Waals surface area (Å²) in [6.07, 6.45) is 4.79. The van der Waals surface area contributed by atoms with Gasteiger partial charge < -0.3 is 0 Å². The number of hydrogen-bond donors (Lipinski definition) is 0. The normalized spacial score (nSPS) is 11.7. The molecule has 0 heterocycles. The van der Waals surface area contributed by atoms with Crippen molar-refractivity contribution in [3.05, 3.63) is 11.6 Å². The zero-order chi connectivity index (χ0) is 8.69. The molecule has 0 saturated carbocycles. The van der Waals surface area contributed by atoms with Crippen LogP contribution in [0.2, 0.25) is 0 Å². The van der Waals surface area contributed by atoms with Gasteiger partial charge in [0, 0.05) is 6.42 Å². The van der Waals surface area contributed by atoms with Crippen LogP contribution in [0, 0.1) is 0 Å². The topological polar surface area (TPSA) is 17.1 Å². The van der Waals surface area contributed by atoms with E-state index in [9.17, 15) is 4.79 Å². The van der Waals surface area contributed by atoms with E-state index < -0.39 is 0 Å². The van der Waals surface area contributed by atoms with Crippen molar-refractivity contribution in [2.24, 2.45) is 0 Å². The van der Waals surface area contributed by atoms with Crippen molar-refractivity contribution < 1.29 is 4.79 Å². The van der Waals surface area contributed by atoms with E-state index >= 15 is 0 Å². The summed E-state index contributed by atoms with van der Waals surface area (Å²) >= 11 is 3.13. The van der Waals surface area contributed by atoms with Crippen molar-refractivity contribution in [3.8, 4) is 0 Å². The minimum absolute atomic E-state index is 0.283. The number of hydrogen-bond acceptors (Lipinski definition) is 1. The van der Waals surface area contributed by atoms with E-state index in [0.717, 1.165) is 12.8 Å². The summed E-state index contributed by atoms with van der Waals surface area (Å²) in [5.41, 5.74) is 1.37. The molecule has 0 amide bonds. The van der Waals surface area contributed by atoms with Gasteiger partial charge in [0.05, 0.1) is 5.33 Å². The average molecular weight is 219 g/mol. The standard InChI is InChI=1S/C9H15BrO/c1-3-8(2)5-4-6-9(11)7-10/h5H,3-4,6-7H2,1-2H3/b8-5+. The van der Waals surface area contributed by atoms with Crippen molar-refractivity contribution in [2.45, 2.75) is 33.1 Å². The van der Waals surface area contributed by atoms with E-state index in [1.807, 2.05) is 0 Å². The molecular formula is C9H15BrO. The molecule has 0 fully saturated rings. The Kier molecular flexibility index (Phi) is 6.52. The summed E-state index contributed by atoms with van der Waals surface area (Å²) in [4.78, 5) is 10.8. The molecule has 11 heavy (non-hydrogen) atoms. The summed E-state index contributed by atoms with van der Waals surface area (Å²) in [5, 5.41) is 0.492. The van der Waals surface area contributed by atoms with Crippen LogP contribution >= 0.6 is 15.9 Å². The van der Waals surface area contributed by atoms with Crippen LogP contribution < -0.4 is 0 Å². The van der Waals surface area contributed by atoms with E-state index in [2.05, 4.69) is 35.9 Å². The van der Waals surface area contributed by atoms with E-state index in [4.69, 9.17) is 0 Å². The van der Waals surface area contributed by atoms with Gasteiger partial charge in [-0.3, -0.25) is 4.79 Å².